The highest BCUT2D eigenvalue weighted by Gasteiger charge is 2.58. The first-order chi connectivity index (χ1) is 12.1. The number of carbonyl (C=O) groups is 4. The number of imide groups is 1. The molecular weight excluding hydrogens is 324 g/mol. The Kier molecular flexibility index (Phi) is 3.59. The van der Waals surface area contributed by atoms with Gasteiger partial charge >= 0.3 is 5.97 Å². The Balaban J connectivity index is 1.62. The molecule has 2 aliphatic heterocycles. The minimum Gasteiger partial charge on any atom is -0.355 e. The van der Waals surface area contributed by atoms with Gasteiger partial charge in [-0.2, -0.15) is 0 Å². The molecule has 1 aromatic rings. The van der Waals surface area contributed by atoms with Crippen LogP contribution in [0.2, 0.25) is 0 Å². The van der Waals surface area contributed by atoms with Gasteiger partial charge in [0.1, 0.15) is 0 Å². The second kappa shape index (κ2) is 5.68. The SMILES string of the molecule is O=C1c2ccccc2C(=O)N1OC(=O)C1(C2CCCC2)CCNC1=O. The van der Waals surface area contributed by atoms with Crippen molar-refractivity contribution in [3.63, 3.8) is 0 Å². The van der Waals surface area contributed by atoms with Crippen molar-refractivity contribution in [3.8, 4) is 0 Å². The molecule has 7 nitrogen and oxygen atoms in total. The molecule has 1 aliphatic carbocycles. The minimum absolute atomic E-state index is 0.113. The number of carbonyl (C=O) groups excluding carboxylic acids is 4. The normalized spacial score (nSPS) is 26.1. The van der Waals surface area contributed by atoms with Crippen molar-refractivity contribution in [2.45, 2.75) is 32.1 Å². The van der Waals surface area contributed by atoms with Crippen molar-refractivity contribution in [1.82, 2.24) is 10.4 Å². The van der Waals surface area contributed by atoms with Gasteiger partial charge in [0.15, 0.2) is 5.41 Å². The molecule has 2 fully saturated rings. The average molecular weight is 342 g/mol. The van der Waals surface area contributed by atoms with Crippen molar-refractivity contribution in [2.75, 3.05) is 6.54 Å². The Morgan fingerprint density at radius 1 is 1.08 bits per heavy atom. The number of hydrogen-bond acceptors (Lipinski definition) is 5. The third kappa shape index (κ3) is 2.18. The first-order valence-electron chi connectivity index (χ1n) is 8.54. The van der Waals surface area contributed by atoms with Gasteiger partial charge in [0.05, 0.1) is 11.1 Å². The summed E-state index contributed by atoms with van der Waals surface area (Å²) in [4.78, 5) is 55.4. The van der Waals surface area contributed by atoms with Crippen molar-refractivity contribution >= 4 is 23.7 Å². The van der Waals surface area contributed by atoms with Crippen LogP contribution >= 0.6 is 0 Å². The molecule has 2 heterocycles. The molecule has 1 saturated heterocycles. The monoisotopic (exact) mass is 342 g/mol. The number of hydroxylamine groups is 2. The van der Waals surface area contributed by atoms with E-state index in [2.05, 4.69) is 5.32 Å². The largest absolute Gasteiger partial charge is 0.355 e. The molecule has 7 heteroatoms. The molecule has 1 aromatic carbocycles. The summed E-state index contributed by atoms with van der Waals surface area (Å²) in [6, 6.07) is 6.30. The lowest BCUT2D eigenvalue weighted by Gasteiger charge is -2.30. The molecule has 4 rings (SSSR count). The van der Waals surface area contributed by atoms with E-state index in [0.29, 0.717) is 18.0 Å². The fourth-order valence-electron chi connectivity index (χ4n) is 4.23. The van der Waals surface area contributed by atoms with Gasteiger partial charge in [-0.25, -0.2) is 4.79 Å². The van der Waals surface area contributed by atoms with E-state index >= 15 is 0 Å². The minimum atomic E-state index is -1.30. The zero-order valence-electron chi connectivity index (χ0n) is 13.6. The Hall–Kier alpha value is -2.70. The number of nitrogens with one attached hydrogen (secondary N) is 1. The summed E-state index contributed by atoms with van der Waals surface area (Å²) in [6.45, 7) is 0.395. The number of rotatable bonds is 3. The summed E-state index contributed by atoms with van der Waals surface area (Å²) in [7, 11) is 0. The lowest BCUT2D eigenvalue weighted by molar-refractivity contribution is -0.185. The molecule has 0 aromatic heterocycles. The summed E-state index contributed by atoms with van der Waals surface area (Å²) in [5.74, 6) is -2.62. The predicted molar refractivity (Wildman–Crippen MR) is 85.1 cm³/mol. The maximum Gasteiger partial charge on any atom is 0.349 e. The Bertz CT molecular complexity index is 748. The maximum absolute atomic E-state index is 12.9. The van der Waals surface area contributed by atoms with E-state index in [9.17, 15) is 19.2 Å². The van der Waals surface area contributed by atoms with Gasteiger partial charge in [0, 0.05) is 6.54 Å². The molecule has 1 unspecified atom stereocenters. The zero-order valence-corrected chi connectivity index (χ0v) is 13.6. The van der Waals surface area contributed by atoms with Crippen molar-refractivity contribution in [1.29, 1.82) is 0 Å². The summed E-state index contributed by atoms with van der Waals surface area (Å²) in [6.07, 6.45) is 3.79. The summed E-state index contributed by atoms with van der Waals surface area (Å²) >= 11 is 0. The molecule has 1 N–H and O–H groups in total. The third-order valence-electron chi connectivity index (χ3n) is 5.56. The highest BCUT2D eigenvalue weighted by Crippen LogP contribution is 2.46. The van der Waals surface area contributed by atoms with Crippen LogP contribution in [0.3, 0.4) is 0 Å². The summed E-state index contributed by atoms with van der Waals surface area (Å²) in [5, 5.41) is 3.20. The van der Waals surface area contributed by atoms with Crippen LogP contribution in [-0.4, -0.2) is 35.3 Å². The topological polar surface area (TPSA) is 92.8 Å². The lowest BCUT2D eigenvalue weighted by Crippen LogP contribution is -2.48. The molecule has 0 spiro atoms. The van der Waals surface area contributed by atoms with Gasteiger partial charge in [-0.15, -0.1) is 0 Å². The Morgan fingerprint density at radius 3 is 2.20 bits per heavy atom. The second-order valence-corrected chi connectivity index (χ2v) is 6.79. The zero-order chi connectivity index (χ0) is 17.6. The van der Waals surface area contributed by atoms with E-state index in [1.54, 1.807) is 12.1 Å². The molecule has 3 aliphatic rings. The van der Waals surface area contributed by atoms with Crippen LogP contribution in [-0.2, 0) is 14.4 Å². The quantitative estimate of drug-likeness (QED) is 0.663. The maximum atomic E-state index is 12.9. The highest BCUT2D eigenvalue weighted by atomic mass is 16.7. The second-order valence-electron chi connectivity index (χ2n) is 6.79. The van der Waals surface area contributed by atoms with Crippen molar-refractivity contribution in [2.24, 2.45) is 11.3 Å². The number of fused-ring (bicyclic) bond motifs is 1. The van der Waals surface area contributed by atoms with E-state index in [1.807, 2.05) is 0 Å². The van der Waals surface area contributed by atoms with Crippen molar-refractivity contribution in [3.05, 3.63) is 35.4 Å². The van der Waals surface area contributed by atoms with Crippen LogP contribution in [0, 0.1) is 11.3 Å². The summed E-state index contributed by atoms with van der Waals surface area (Å²) < 4.78 is 0. The lowest BCUT2D eigenvalue weighted by atomic mass is 9.73. The number of hydrogen-bond donors (Lipinski definition) is 1. The van der Waals surface area contributed by atoms with Gasteiger partial charge in [-0.1, -0.05) is 30.0 Å². The predicted octanol–water partition coefficient (Wildman–Crippen LogP) is 1.44. The third-order valence-corrected chi connectivity index (χ3v) is 5.56. The fourth-order valence-corrected chi connectivity index (χ4v) is 4.23. The highest BCUT2D eigenvalue weighted by molar-refractivity contribution is 6.21. The number of nitrogens with zero attached hydrogens (tertiary/aromatic N) is 1. The van der Waals surface area contributed by atoms with Crippen LogP contribution in [0.1, 0.15) is 52.8 Å². The smallest absolute Gasteiger partial charge is 0.349 e. The van der Waals surface area contributed by atoms with Crippen LogP contribution in [0.5, 0.6) is 0 Å². The van der Waals surface area contributed by atoms with Gasteiger partial charge in [0.25, 0.3) is 11.8 Å². The molecular formula is C18H18N2O5. The van der Waals surface area contributed by atoms with Crippen molar-refractivity contribution < 1.29 is 24.0 Å². The molecule has 0 bridgehead atoms. The Morgan fingerprint density at radius 2 is 1.68 bits per heavy atom. The van der Waals surface area contributed by atoms with E-state index in [1.165, 1.54) is 12.1 Å². The first kappa shape index (κ1) is 15.8. The number of amides is 3. The number of benzene rings is 1. The average Bonchev–Trinajstić information content (AvgIpc) is 3.32. The molecule has 1 saturated carbocycles. The van der Waals surface area contributed by atoms with E-state index in [0.717, 1.165) is 25.7 Å². The molecule has 1 atom stereocenters. The van der Waals surface area contributed by atoms with Gasteiger partial charge in [-0.05, 0) is 37.3 Å². The van der Waals surface area contributed by atoms with E-state index in [4.69, 9.17) is 4.84 Å². The van der Waals surface area contributed by atoms with Gasteiger partial charge in [0.2, 0.25) is 5.91 Å². The van der Waals surface area contributed by atoms with Crippen LogP contribution in [0.25, 0.3) is 0 Å². The first-order valence-corrected chi connectivity index (χ1v) is 8.54. The van der Waals surface area contributed by atoms with Crippen LogP contribution in [0.15, 0.2) is 24.3 Å². The van der Waals surface area contributed by atoms with Gasteiger partial charge < -0.3 is 10.2 Å². The molecule has 25 heavy (non-hydrogen) atoms. The fraction of sp³-hybridized carbons (Fsp3) is 0.444. The summed E-state index contributed by atoms with van der Waals surface area (Å²) in [5.41, 5.74) is -0.900. The molecule has 130 valence electrons. The van der Waals surface area contributed by atoms with Crippen LogP contribution in [0.4, 0.5) is 0 Å². The molecule has 3 amide bonds. The van der Waals surface area contributed by atoms with Crippen LogP contribution < -0.4 is 5.32 Å². The standard InChI is InChI=1S/C18H18N2O5/c21-14-12-7-3-4-8-13(12)15(22)20(14)25-17(24)18(9-10-19-16(18)23)11-5-1-2-6-11/h3-4,7-8,11H,1-2,5-6,9-10H2,(H,19,23). The van der Waals surface area contributed by atoms with E-state index < -0.39 is 23.2 Å². The Labute approximate surface area is 144 Å². The van der Waals surface area contributed by atoms with Gasteiger partial charge in [-0.3, -0.25) is 14.4 Å². The molecule has 0 radical (unpaired) electrons. The van der Waals surface area contributed by atoms with E-state index in [-0.39, 0.29) is 23.0 Å².